The van der Waals surface area contributed by atoms with Gasteiger partial charge in [-0.2, -0.15) is 0 Å². The molecule has 2 unspecified atom stereocenters. The zero-order valence-corrected chi connectivity index (χ0v) is 11.0. The van der Waals surface area contributed by atoms with Crippen molar-refractivity contribution in [1.82, 2.24) is 5.32 Å². The molecule has 2 atom stereocenters. The minimum absolute atomic E-state index is 0.665. The lowest BCUT2D eigenvalue weighted by molar-refractivity contribution is 0.149. The highest BCUT2D eigenvalue weighted by Crippen LogP contribution is 2.13. The van der Waals surface area contributed by atoms with E-state index in [9.17, 15) is 0 Å². The van der Waals surface area contributed by atoms with E-state index in [0.29, 0.717) is 12.0 Å². The molecular weight excluding hydrogens is 186 g/mol. The first-order chi connectivity index (χ1) is 7.24. The number of hydrogen-bond donors (Lipinski definition) is 1. The summed E-state index contributed by atoms with van der Waals surface area (Å²) in [6.45, 7) is 5.41. The summed E-state index contributed by atoms with van der Waals surface area (Å²) >= 11 is 0. The Kier molecular flexibility index (Phi) is 10.4. The Morgan fingerprint density at radius 2 is 1.93 bits per heavy atom. The molecule has 0 amide bonds. The van der Waals surface area contributed by atoms with E-state index in [1.807, 2.05) is 0 Å². The highest BCUT2D eigenvalue weighted by atomic mass is 16.5. The zero-order valence-electron chi connectivity index (χ0n) is 11.0. The van der Waals surface area contributed by atoms with E-state index in [1.54, 1.807) is 7.11 Å². The molecule has 0 aromatic heterocycles. The van der Waals surface area contributed by atoms with Crippen LogP contribution in [0.3, 0.4) is 0 Å². The van der Waals surface area contributed by atoms with Crippen LogP contribution in [-0.4, -0.2) is 26.8 Å². The third-order valence-electron chi connectivity index (χ3n) is 2.95. The zero-order chi connectivity index (χ0) is 11.5. The van der Waals surface area contributed by atoms with Gasteiger partial charge in [0.25, 0.3) is 0 Å². The van der Waals surface area contributed by atoms with Crippen LogP contribution in [0.2, 0.25) is 0 Å². The molecule has 2 heteroatoms. The maximum absolute atomic E-state index is 5.16. The van der Waals surface area contributed by atoms with Gasteiger partial charge in [0.1, 0.15) is 0 Å². The molecule has 0 radical (unpaired) electrons. The minimum Gasteiger partial charge on any atom is -0.384 e. The predicted octanol–water partition coefficient (Wildman–Crippen LogP) is 3.22. The van der Waals surface area contributed by atoms with Crippen LogP contribution in [0.15, 0.2) is 0 Å². The second kappa shape index (κ2) is 10.4. The largest absolute Gasteiger partial charge is 0.384 e. The molecule has 0 rings (SSSR count). The van der Waals surface area contributed by atoms with Gasteiger partial charge in [-0.25, -0.2) is 0 Å². The number of hydrogen-bond acceptors (Lipinski definition) is 2. The third kappa shape index (κ3) is 8.88. The average Bonchev–Trinajstić information content (AvgIpc) is 2.23. The Morgan fingerprint density at radius 1 is 1.20 bits per heavy atom. The monoisotopic (exact) mass is 215 g/mol. The van der Waals surface area contributed by atoms with Crippen molar-refractivity contribution in [2.24, 2.45) is 5.92 Å². The Bertz CT molecular complexity index is 128. The fraction of sp³-hybridized carbons (Fsp3) is 1.00. The summed E-state index contributed by atoms with van der Waals surface area (Å²) in [6.07, 6.45) is 7.99. The number of rotatable bonds is 10. The van der Waals surface area contributed by atoms with E-state index in [2.05, 4.69) is 26.2 Å². The van der Waals surface area contributed by atoms with Crippen LogP contribution in [0.4, 0.5) is 0 Å². The Labute approximate surface area is 95.8 Å². The van der Waals surface area contributed by atoms with Crippen LogP contribution in [0, 0.1) is 5.92 Å². The minimum atomic E-state index is 0.665. The molecule has 0 saturated heterocycles. The summed E-state index contributed by atoms with van der Waals surface area (Å²) in [5.74, 6) is 0.665. The highest BCUT2D eigenvalue weighted by molar-refractivity contribution is 4.68. The Hall–Kier alpha value is -0.0800. The quantitative estimate of drug-likeness (QED) is 0.565. The molecule has 0 fully saturated rings. The predicted molar refractivity (Wildman–Crippen MR) is 67.3 cm³/mol. The van der Waals surface area contributed by atoms with Gasteiger partial charge in [-0.05, 0) is 25.8 Å². The first-order valence-corrected chi connectivity index (χ1v) is 6.40. The van der Waals surface area contributed by atoms with Crippen molar-refractivity contribution in [3.05, 3.63) is 0 Å². The molecular formula is C13H29NO. The molecule has 2 nitrogen and oxygen atoms in total. The van der Waals surface area contributed by atoms with Gasteiger partial charge in [-0.1, -0.05) is 39.5 Å². The SMILES string of the molecule is CCCCCCC(CC(C)COC)NC. The summed E-state index contributed by atoms with van der Waals surface area (Å²) in [4.78, 5) is 0. The summed E-state index contributed by atoms with van der Waals surface area (Å²) in [5.41, 5.74) is 0. The van der Waals surface area contributed by atoms with E-state index in [0.717, 1.165) is 6.61 Å². The van der Waals surface area contributed by atoms with Crippen molar-refractivity contribution in [3.63, 3.8) is 0 Å². The third-order valence-corrected chi connectivity index (χ3v) is 2.95. The van der Waals surface area contributed by atoms with E-state index in [-0.39, 0.29) is 0 Å². The van der Waals surface area contributed by atoms with Gasteiger partial charge in [0.15, 0.2) is 0 Å². The fourth-order valence-corrected chi connectivity index (χ4v) is 2.04. The molecule has 92 valence electrons. The fourth-order valence-electron chi connectivity index (χ4n) is 2.04. The van der Waals surface area contributed by atoms with Gasteiger partial charge >= 0.3 is 0 Å². The molecule has 0 aliphatic rings. The molecule has 15 heavy (non-hydrogen) atoms. The lowest BCUT2D eigenvalue weighted by atomic mass is 9.98. The van der Waals surface area contributed by atoms with Gasteiger partial charge < -0.3 is 10.1 Å². The lowest BCUT2D eigenvalue weighted by Crippen LogP contribution is -2.28. The van der Waals surface area contributed by atoms with Gasteiger partial charge in [-0.15, -0.1) is 0 Å². The summed E-state index contributed by atoms with van der Waals surface area (Å²) < 4.78 is 5.16. The standard InChI is InChI=1S/C13H29NO/c1-5-6-7-8-9-13(14-3)10-12(2)11-15-4/h12-14H,5-11H2,1-4H3. The van der Waals surface area contributed by atoms with Crippen molar-refractivity contribution < 1.29 is 4.74 Å². The van der Waals surface area contributed by atoms with Crippen molar-refractivity contribution >= 4 is 0 Å². The van der Waals surface area contributed by atoms with E-state index in [4.69, 9.17) is 4.74 Å². The summed E-state index contributed by atoms with van der Waals surface area (Å²) in [7, 11) is 3.86. The smallest absolute Gasteiger partial charge is 0.0488 e. The lowest BCUT2D eigenvalue weighted by Gasteiger charge is -2.20. The Balaban J connectivity index is 3.53. The topological polar surface area (TPSA) is 21.3 Å². The van der Waals surface area contributed by atoms with Crippen LogP contribution in [0.1, 0.15) is 52.4 Å². The number of nitrogens with one attached hydrogen (secondary N) is 1. The van der Waals surface area contributed by atoms with Crippen LogP contribution < -0.4 is 5.32 Å². The average molecular weight is 215 g/mol. The van der Waals surface area contributed by atoms with E-state index < -0.39 is 0 Å². The van der Waals surface area contributed by atoms with Crippen molar-refractivity contribution in [2.45, 2.75) is 58.4 Å². The normalized spacial score (nSPS) is 15.2. The second-order valence-electron chi connectivity index (χ2n) is 4.63. The Morgan fingerprint density at radius 3 is 2.47 bits per heavy atom. The van der Waals surface area contributed by atoms with Crippen LogP contribution in [0.5, 0.6) is 0 Å². The first kappa shape index (κ1) is 14.9. The first-order valence-electron chi connectivity index (χ1n) is 6.40. The molecule has 0 bridgehead atoms. The van der Waals surface area contributed by atoms with Gasteiger partial charge in [0.2, 0.25) is 0 Å². The van der Waals surface area contributed by atoms with Crippen LogP contribution in [0.25, 0.3) is 0 Å². The maximum atomic E-state index is 5.16. The van der Waals surface area contributed by atoms with E-state index in [1.165, 1.54) is 38.5 Å². The van der Waals surface area contributed by atoms with Gasteiger partial charge in [-0.3, -0.25) is 0 Å². The summed E-state index contributed by atoms with van der Waals surface area (Å²) in [5, 5.41) is 3.41. The maximum Gasteiger partial charge on any atom is 0.0488 e. The van der Waals surface area contributed by atoms with Crippen molar-refractivity contribution in [1.29, 1.82) is 0 Å². The number of ether oxygens (including phenoxy) is 1. The molecule has 1 N–H and O–H groups in total. The second-order valence-corrected chi connectivity index (χ2v) is 4.63. The molecule has 0 heterocycles. The van der Waals surface area contributed by atoms with Gasteiger partial charge in [0.05, 0.1) is 0 Å². The molecule has 0 aromatic rings. The highest BCUT2D eigenvalue weighted by Gasteiger charge is 2.10. The van der Waals surface area contributed by atoms with E-state index >= 15 is 0 Å². The number of unbranched alkanes of at least 4 members (excludes halogenated alkanes) is 3. The van der Waals surface area contributed by atoms with Crippen LogP contribution in [-0.2, 0) is 4.74 Å². The molecule has 0 aromatic carbocycles. The molecule has 0 spiro atoms. The molecule has 0 aliphatic heterocycles. The summed E-state index contributed by atoms with van der Waals surface area (Å²) in [6, 6.07) is 0.673. The molecule has 0 aliphatic carbocycles. The molecule has 0 saturated carbocycles. The van der Waals surface area contributed by atoms with Gasteiger partial charge in [0, 0.05) is 19.8 Å². The van der Waals surface area contributed by atoms with Crippen molar-refractivity contribution in [3.8, 4) is 0 Å². The van der Waals surface area contributed by atoms with Crippen LogP contribution >= 0.6 is 0 Å². The number of methoxy groups -OCH3 is 1. The van der Waals surface area contributed by atoms with Crippen molar-refractivity contribution in [2.75, 3.05) is 20.8 Å².